The number of rotatable bonds is 7. The molecular weight excluding hydrogens is 757 g/mol. The Morgan fingerprint density at radius 1 is 0.226 bits per heavy atom. The van der Waals surface area contributed by atoms with Crippen molar-refractivity contribution < 1.29 is 8.83 Å². The lowest BCUT2D eigenvalue weighted by molar-refractivity contribution is 0.668. The summed E-state index contributed by atoms with van der Waals surface area (Å²) in [4.78, 5) is 10.5. The van der Waals surface area contributed by atoms with Crippen LogP contribution in [0.5, 0.6) is 0 Å². The molecule has 0 radical (unpaired) electrons. The maximum atomic E-state index is 6.25. The Hall–Kier alpha value is -8.34. The first-order valence-corrected chi connectivity index (χ1v) is 20.9. The van der Waals surface area contributed by atoms with Gasteiger partial charge < -0.3 is 8.83 Å². The van der Waals surface area contributed by atoms with Crippen LogP contribution in [0.1, 0.15) is 0 Å². The van der Waals surface area contributed by atoms with Crippen molar-refractivity contribution in [2.24, 2.45) is 0 Å². The van der Waals surface area contributed by atoms with Gasteiger partial charge in [0, 0.05) is 38.2 Å². The number of hydrogen-bond donors (Lipinski definition) is 0. The second-order valence-corrected chi connectivity index (χ2v) is 15.8. The van der Waals surface area contributed by atoms with Gasteiger partial charge >= 0.3 is 0 Å². The van der Waals surface area contributed by atoms with E-state index in [-0.39, 0.29) is 0 Å². The molecule has 0 aliphatic rings. The van der Waals surface area contributed by atoms with Crippen molar-refractivity contribution in [2.45, 2.75) is 0 Å². The highest BCUT2D eigenvalue weighted by Crippen LogP contribution is 2.39. The van der Waals surface area contributed by atoms with Crippen molar-refractivity contribution in [2.75, 3.05) is 0 Å². The van der Waals surface area contributed by atoms with Gasteiger partial charge in [0.15, 0.2) is 5.82 Å². The van der Waals surface area contributed by atoms with Crippen LogP contribution in [-0.2, 0) is 0 Å². The fraction of sp³-hybridized carbons (Fsp3) is 0. The van der Waals surface area contributed by atoms with Crippen LogP contribution in [0.25, 0.3) is 122 Å². The second kappa shape index (κ2) is 14.7. The third-order valence-corrected chi connectivity index (χ3v) is 11.9. The van der Waals surface area contributed by atoms with E-state index in [4.69, 9.17) is 18.8 Å². The van der Waals surface area contributed by atoms with Crippen LogP contribution in [-0.4, -0.2) is 9.97 Å². The van der Waals surface area contributed by atoms with Crippen LogP contribution < -0.4 is 0 Å². The average molecular weight is 793 g/mol. The molecule has 0 amide bonds. The van der Waals surface area contributed by atoms with Crippen molar-refractivity contribution in [1.82, 2.24) is 9.97 Å². The minimum atomic E-state index is 0.672. The zero-order valence-corrected chi connectivity index (χ0v) is 33.5. The van der Waals surface area contributed by atoms with E-state index in [2.05, 4.69) is 170 Å². The lowest BCUT2D eigenvalue weighted by Crippen LogP contribution is -1.97. The standard InChI is InChI=1S/C58H36N2O2/c1-3-13-37(14-4-1)39-17-12-20-44(30-39)52-36-53(60-58(59-52)38-15-5-2-6-16-38)47-32-45(31-46(33-47)43-26-28-57-51(35-43)49-22-8-10-24-55(49)62-57)41-19-11-18-40(29-41)42-25-27-56-50(34-42)48-21-7-9-23-54(48)61-56/h1-36H. The summed E-state index contributed by atoms with van der Waals surface area (Å²) in [5.74, 6) is 0.672. The van der Waals surface area contributed by atoms with Crippen molar-refractivity contribution in [3.05, 3.63) is 218 Å². The molecule has 3 heterocycles. The predicted molar refractivity (Wildman–Crippen MR) is 255 cm³/mol. The van der Waals surface area contributed by atoms with Crippen LogP contribution in [0, 0.1) is 0 Å². The molecule has 12 rings (SSSR count). The molecule has 0 unspecified atom stereocenters. The third kappa shape index (κ3) is 6.42. The van der Waals surface area contributed by atoms with E-state index >= 15 is 0 Å². The highest BCUT2D eigenvalue weighted by atomic mass is 16.3. The summed E-state index contributed by atoms with van der Waals surface area (Å²) in [5, 5.41) is 4.41. The number of benzene rings is 9. The molecule has 0 N–H and O–H groups in total. The Kier molecular flexibility index (Phi) is 8.46. The summed E-state index contributed by atoms with van der Waals surface area (Å²) in [7, 11) is 0. The number of fused-ring (bicyclic) bond motifs is 6. The lowest BCUT2D eigenvalue weighted by Gasteiger charge is -2.14. The molecule has 0 saturated carbocycles. The number of furan rings is 2. The smallest absolute Gasteiger partial charge is 0.160 e. The first kappa shape index (κ1) is 35.6. The van der Waals surface area contributed by atoms with Gasteiger partial charge in [0.05, 0.1) is 11.4 Å². The van der Waals surface area contributed by atoms with E-state index in [1.54, 1.807) is 0 Å². The summed E-state index contributed by atoms with van der Waals surface area (Å²) in [6.07, 6.45) is 0. The first-order valence-electron chi connectivity index (χ1n) is 20.9. The first-order chi connectivity index (χ1) is 30.7. The molecule has 4 nitrogen and oxygen atoms in total. The van der Waals surface area contributed by atoms with Crippen LogP contribution in [0.2, 0.25) is 0 Å². The molecular formula is C58H36N2O2. The second-order valence-electron chi connectivity index (χ2n) is 15.8. The quantitative estimate of drug-likeness (QED) is 0.161. The summed E-state index contributed by atoms with van der Waals surface area (Å²) >= 11 is 0. The largest absolute Gasteiger partial charge is 0.456 e. The van der Waals surface area contributed by atoms with Crippen molar-refractivity contribution in [3.8, 4) is 78.4 Å². The summed E-state index contributed by atoms with van der Waals surface area (Å²) in [5.41, 5.74) is 17.1. The molecule has 4 heteroatoms. The third-order valence-electron chi connectivity index (χ3n) is 11.9. The zero-order valence-electron chi connectivity index (χ0n) is 33.5. The van der Waals surface area contributed by atoms with E-state index in [0.717, 1.165) is 116 Å². The van der Waals surface area contributed by atoms with Crippen molar-refractivity contribution in [1.29, 1.82) is 0 Å². The normalized spacial score (nSPS) is 11.5. The maximum absolute atomic E-state index is 6.25. The topological polar surface area (TPSA) is 52.1 Å². The number of aromatic nitrogens is 2. The summed E-state index contributed by atoms with van der Waals surface area (Å²) in [6.45, 7) is 0. The Bertz CT molecular complexity index is 3640. The van der Waals surface area contributed by atoms with Gasteiger partial charge in [-0.3, -0.25) is 0 Å². The Morgan fingerprint density at radius 3 is 1.23 bits per heavy atom. The number of hydrogen-bond acceptors (Lipinski definition) is 4. The van der Waals surface area contributed by atoms with Gasteiger partial charge in [0.1, 0.15) is 22.3 Å². The number of para-hydroxylation sites is 2. The van der Waals surface area contributed by atoms with Gasteiger partial charge in [-0.2, -0.15) is 0 Å². The van der Waals surface area contributed by atoms with Gasteiger partial charge in [-0.1, -0.05) is 146 Å². The highest BCUT2D eigenvalue weighted by Gasteiger charge is 2.16. The van der Waals surface area contributed by atoms with Crippen molar-refractivity contribution >= 4 is 43.9 Å². The molecule has 0 aliphatic heterocycles. The van der Waals surface area contributed by atoms with Crippen LogP contribution >= 0.6 is 0 Å². The van der Waals surface area contributed by atoms with Gasteiger partial charge in [-0.05, 0) is 117 Å². The fourth-order valence-electron chi connectivity index (χ4n) is 8.75. The van der Waals surface area contributed by atoms with E-state index in [1.165, 1.54) is 0 Å². The average Bonchev–Trinajstić information content (AvgIpc) is 3.92. The van der Waals surface area contributed by atoms with Crippen molar-refractivity contribution in [3.63, 3.8) is 0 Å². The van der Waals surface area contributed by atoms with Gasteiger partial charge in [0.25, 0.3) is 0 Å². The maximum Gasteiger partial charge on any atom is 0.160 e. The van der Waals surface area contributed by atoms with Gasteiger partial charge in [-0.25, -0.2) is 9.97 Å². The molecule has 3 aromatic heterocycles. The minimum absolute atomic E-state index is 0.672. The SMILES string of the molecule is c1ccc(-c2cccc(-c3cc(-c4cc(-c5cccc(-c6ccc7oc8ccccc8c7c6)c5)cc(-c5ccc6oc7ccccc7c6c5)c4)nc(-c4ccccc4)n3)c2)cc1. The van der Waals surface area contributed by atoms with E-state index in [1.807, 2.05) is 48.5 Å². The van der Waals surface area contributed by atoms with Crippen LogP contribution in [0.4, 0.5) is 0 Å². The number of nitrogens with zero attached hydrogens (tertiary/aromatic N) is 2. The Balaban J connectivity index is 1.05. The van der Waals surface area contributed by atoms with E-state index in [0.29, 0.717) is 5.82 Å². The molecule has 290 valence electrons. The molecule has 0 spiro atoms. The summed E-state index contributed by atoms with van der Waals surface area (Å²) in [6, 6.07) is 76.5. The fourth-order valence-corrected chi connectivity index (χ4v) is 8.75. The van der Waals surface area contributed by atoms with Gasteiger partial charge in [0.2, 0.25) is 0 Å². The van der Waals surface area contributed by atoms with Crippen LogP contribution in [0.15, 0.2) is 227 Å². The molecule has 0 fully saturated rings. The highest BCUT2D eigenvalue weighted by molar-refractivity contribution is 6.07. The van der Waals surface area contributed by atoms with E-state index in [9.17, 15) is 0 Å². The van der Waals surface area contributed by atoms with E-state index < -0.39 is 0 Å². The Labute approximate surface area is 358 Å². The monoisotopic (exact) mass is 792 g/mol. The van der Waals surface area contributed by atoms with Crippen LogP contribution in [0.3, 0.4) is 0 Å². The summed E-state index contributed by atoms with van der Waals surface area (Å²) < 4.78 is 12.4. The molecule has 0 bridgehead atoms. The zero-order chi connectivity index (χ0) is 41.0. The predicted octanol–water partition coefficient (Wildman–Crippen LogP) is 15.9. The molecule has 0 aliphatic carbocycles. The molecule has 0 saturated heterocycles. The molecule has 0 atom stereocenters. The molecule has 12 aromatic rings. The minimum Gasteiger partial charge on any atom is -0.456 e. The lowest BCUT2D eigenvalue weighted by atomic mass is 9.92. The molecule has 9 aromatic carbocycles. The van der Waals surface area contributed by atoms with Gasteiger partial charge in [-0.15, -0.1) is 0 Å². The molecule has 62 heavy (non-hydrogen) atoms. The Morgan fingerprint density at radius 2 is 0.613 bits per heavy atom.